The van der Waals surface area contributed by atoms with Crippen LogP contribution in [0.1, 0.15) is 6.42 Å². The minimum atomic E-state index is -0.406. The first-order valence-corrected chi connectivity index (χ1v) is 8.65. The molecule has 1 aromatic heterocycles. The smallest absolute Gasteiger partial charge is 0.281 e. The zero-order valence-corrected chi connectivity index (χ0v) is 15.6. The number of nitro groups is 1. The summed E-state index contributed by atoms with van der Waals surface area (Å²) in [5.41, 5.74) is 1.81. The van der Waals surface area contributed by atoms with E-state index in [1.807, 2.05) is 24.3 Å². The molecule has 0 unspecified atom stereocenters. The van der Waals surface area contributed by atoms with Gasteiger partial charge in [0, 0.05) is 24.4 Å². The van der Waals surface area contributed by atoms with E-state index >= 15 is 0 Å². The van der Waals surface area contributed by atoms with Crippen molar-refractivity contribution in [2.45, 2.75) is 6.42 Å². The third-order valence-corrected chi connectivity index (χ3v) is 4.38. The summed E-state index contributed by atoms with van der Waals surface area (Å²) in [6.07, 6.45) is 0.694. The number of fused-ring (bicyclic) bond motifs is 2. The Morgan fingerprint density at radius 1 is 1.26 bits per heavy atom. The molecule has 0 aliphatic rings. The molecule has 0 atom stereocenters. The monoisotopic (exact) mass is 371 g/mol. The summed E-state index contributed by atoms with van der Waals surface area (Å²) < 4.78 is 5.26. The van der Waals surface area contributed by atoms with Gasteiger partial charge in [-0.05, 0) is 12.1 Å². The van der Waals surface area contributed by atoms with Crippen molar-refractivity contribution < 1.29 is 19.5 Å². The molecule has 27 heavy (non-hydrogen) atoms. The first-order chi connectivity index (χ1) is 12.8. The van der Waals surface area contributed by atoms with E-state index in [0.717, 1.165) is 10.9 Å². The van der Waals surface area contributed by atoms with Crippen molar-refractivity contribution in [1.29, 1.82) is 0 Å². The number of nitrogens with one attached hydrogen (secondary N) is 1. The molecule has 0 bridgehead atoms. The molecule has 0 aliphatic carbocycles. The average molecular weight is 371 g/mol. The van der Waals surface area contributed by atoms with Crippen LogP contribution in [0.15, 0.2) is 36.4 Å². The Balaban J connectivity index is 2.18. The lowest BCUT2D eigenvalue weighted by Crippen LogP contribution is -2.36. The number of nitro benzene ring substituents is 1. The number of anilines is 1. The Labute approximate surface area is 156 Å². The van der Waals surface area contributed by atoms with Gasteiger partial charge in [-0.15, -0.1) is 0 Å². The van der Waals surface area contributed by atoms with Crippen LogP contribution in [0.2, 0.25) is 0 Å². The number of ether oxygens (including phenoxy) is 1. The summed E-state index contributed by atoms with van der Waals surface area (Å²) in [4.78, 5) is 15.8. The van der Waals surface area contributed by atoms with Crippen molar-refractivity contribution in [3.05, 3.63) is 46.5 Å². The fourth-order valence-corrected chi connectivity index (χ4v) is 3.14. The molecule has 1 heterocycles. The number of non-ortho nitro benzene ring substituents is 1. The Hall–Kier alpha value is -2.97. The summed E-state index contributed by atoms with van der Waals surface area (Å²) in [7, 11) is 4.92. The number of methoxy groups -OCH3 is 1. The maximum absolute atomic E-state index is 11.6. The van der Waals surface area contributed by atoms with Crippen LogP contribution < -0.4 is 10.1 Å². The van der Waals surface area contributed by atoms with E-state index in [1.165, 1.54) is 13.2 Å². The molecular weight excluding hydrogens is 348 g/mol. The quantitative estimate of drug-likeness (QED) is 0.217. The number of hydrogen-bond acceptors (Lipinski definition) is 6. The summed E-state index contributed by atoms with van der Waals surface area (Å²) in [6, 6.07) is 10.5. The van der Waals surface area contributed by atoms with Crippen molar-refractivity contribution in [3.8, 4) is 5.75 Å². The molecule has 0 saturated heterocycles. The molecule has 2 N–H and O–H groups in total. The van der Waals surface area contributed by atoms with Gasteiger partial charge in [-0.25, -0.2) is 10.2 Å². The Morgan fingerprint density at radius 3 is 2.67 bits per heavy atom. The van der Waals surface area contributed by atoms with Crippen LogP contribution in [0.5, 0.6) is 5.75 Å². The maximum Gasteiger partial charge on any atom is 0.281 e. The van der Waals surface area contributed by atoms with E-state index in [2.05, 4.69) is 10.3 Å². The van der Waals surface area contributed by atoms with Crippen molar-refractivity contribution >= 4 is 33.2 Å². The van der Waals surface area contributed by atoms with Crippen molar-refractivity contribution in [2.24, 2.45) is 0 Å². The van der Waals surface area contributed by atoms with Gasteiger partial charge in [0.15, 0.2) is 0 Å². The van der Waals surface area contributed by atoms with E-state index in [9.17, 15) is 15.3 Å². The lowest BCUT2D eigenvalue weighted by molar-refractivity contribution is -1.07. The van der Waals surface area contributed by atoms with Gasteiger partial charge in [0.05, 0.1) is 37.3 Å². The standard InChI is InChI=1S/C19H23N4O4/c1-23(2,26)12-6-11-20-18-13-7-4-5-8-14(13)21-19-16(27-3)10-9-15(17(18)19)22(24)25/h4-5,7-10,26H,6,11-12H2,1-3H3,(H,20,21)/q+1. The highest BCUT2D eigenvalue weighted by molar-refractivity contribution is 6.12. The summed E-state index contributed by atoms with van der Waals surface area (Å²) in [6.45, 7) is 1.11. The summed E-state index contributed by atoms with van der Waals surface area (Å²) in [5, 5.41) is 26.0. The topological polar surface area (TPSA) is 97.5 Å². The van der Waals surface area contributed by atoms with E-state index in [0.29, 0.717) is 41.9 Å². The highest BCUT2D eigenvalue weighted by Gasteiger charge is 2.22. The first kappa shape index (κ1) is 18.8. The number of aromatic nitrogens is 1. The molecule has 0 radical (unpaired) electrons. The predicted molar refractivity (Wildman–Crippen MR) is 104 cm³/mol. The van der Waals surface area contributed by atoms with Gasteiger partial charge in [0.1, 0.15) is 23.2 Å². The summed E-state index contributed by atoms with van der Waals surface area (Å²) in [5.74, 6) is 0.484. The van der Waals surface area contributed by atoms with Gasteiger partial charge in [-0.1, -0.05) is 18.2 Å². The molecular formula is C19H23N4O4+. The second-order valence-corrected chi connectivity index (χ2v) is 6.90. The van der Waals surface area contributed by atoms with Gasteiger partial charge in [-0.2, -0.15) is 4.65 Å². The lowest BCUT2D eigenvalue weighted by Gasteiger charge is -2.20. The largest absolute Gasteiger partial charge is 0.494 e. The zero-order valence-electron chi connectivity index (χ0n) is 15.6. The molecule has 0 aliphatic heterocycles. The fraction of sp³-hybridized carbons (Fsp3) is 0.316. The van der Waals surface area contributed by atoms with Crippen molar-refractivity contribution in [3.63, 3.8) is 0 Å². The van der Waals surface area contributed by atoms with Crippen LogP contribution in [-0.4, -0.2) is 54.1 Å². The van der Waals surface area contributed by atoms with Crippen LogP contribution in [0.3, 0.4) is 0 Å². The highest BCUT2D eigenvalue weighted by atomic mass is 16.6. The normalized spacial score (nSPS) is 11.7. The molecule has 3 aromatic rings. The molecule has 8 nitrogen and oxygen atoms in total. The minimum absolute atomic E-state index is 0.0233. The van der Waals surface area contributed by atoms with Gasteiger partial charge in [0.25, 0.3) is 5.69 Å². The van der Waals surface area contributed by atoms with Crippen LogP contribution in [-0.2, 0) is 0 Å². The number of hydroxylamine groups is 3. The third kappa shape index (κ3) is 3.91. The lowest BCUT2D eigenvalue weighted by atomic mass is 10.1. The molecule has 0 fully saturated rings. The Kier molecular flexibility index (Phi) is 5.11. The molecule has 0 saturated carbocycles. The number of quaternary nitrogens is 1. The van der Waals surface area contributed by atoms with Gasteiger partial charge < -0.3 is 10.1 Å². The average Bonchev–Trinajstić information content (AvgIpc) is 2.62. The number of rotatable bonds is 7. The number of pyridine rings is 1. The van der Waals surface area contributed by atoms with Crippen LogP contribution in [0.25, 0.3) is 21.8 Å². The molecule has 142 valence electrons. The first-order valence-electron chi connectivity index (χ1n) is 8.65. The number of nitrogens with zero attached hydrogens (tertiary/aromatic N) is 3. The second-order valence-electron chi connectivity index (χ2n) is 6.90. The SMILES string of the molecule is COc1ccc([N+](=O)[O-])c2c(NCCC[N+](C)(C)O)c3ccccc3nc12. The molecule has 8 heteroatoms. The van der Waals surface area contributed by atoms with Gasteiger partial charge in [0.2, 0.25) is 0 Å². The third-order valence-electron chi connectivity index (χ3n) is 4.38. The molecule has 3 rings (SSSR count). The Bertz CT molecular complexity index is 998. The molecule has 0 amide bonds. The van der Waals surface area contributed by atoms with Crippen molar-refractivity contribution in [1.82, 2.24) is 4.98 Å². The maximum atomic E-state index is 11.6. The Morgan fingerprint density at radius 2 is 2.00 bits per heavy atom. The highest BCUT2D eigenvalue weighted by Crippen LogP contribution is 2.40. The second kappa shape index (κ2) is 7.34. The number of benzene rings is 2. The van der Waals surface area contributed by atoms with Crippen molar-refractivity contribution in [2.75, 3.05) is 39.6 Å². The van der Waals surface area contributed by atoms with Crippen LogP contribution >= 0.6 is 0 Å². The van der Waals surface area contributed by atoms with E-state index in [4.69, 9.17) is 4.74 Å². The van der Waals surface area contributed by atoms with Crippen LogP contribution in [0, 0.1) is 10.1 Å². The fourth-order valence-electron chi connectivity index (χ4n) is 3.14. The predicted octanol–water partition coefficient (Wildman–Crippen LogP) is 3.57. The van der Waals surface area contributed by atoms with Crippen LogP contribution in [0.4, 0.5) is 11.4 Å². The van der Waals surface area contributed by atoms with E-state index in [1.54, 1.807) is 20.2 Å². The molecule has 0 spiro atoms. The minimum Gasteiger partial charge on any atom is -0.494 e. The number of para-hydroxylation sites is 1. The summed E-state index contributed by atoms with van der Waals surface area (Å²) >= 11 is 0. The molecule has 2 aromatic carbocycles. The van der Waals surface area contributed by atoms with E-state index < -0.39 is 4.92 Å². The van der Waals surface area contributed by atoms with Gasteiger partial charge >= 0.3 is 0 Å². The van der Waals surface area contributed by atoms with Gasteiger partial charge in [-0.3, -0.25) is 10.1 Å². The van der Waals surface area contributed by atoms with E-state index in [-0.39, 0.29) is 10.3 Å². The zero-order chi connectivity index (χ0) is 19.6. The number of hydrogen-bond donors (Lipinski definition) is 2.